The molecule has 0 bridgehead atoms. The molecule has 5 heteroatoms. The number of benzene rings is 2. The topological polar surface area (TPSA) is 55.1 Å². The van der Waals surface area contributed by atoms with Crippen LogP contribution in [-0.4, -0.2) is 11.7 Å². The molecule has 21 heavy (non-hydrogen) atoms. The molecule has 2 aromatic carbocycles. The molecule has 110 valence electrons. The molecule has 3 N–H and O–H groups in total. The zero-order chi connectivity index (χ0) is 15.2. The summed E-state index contributed by atoms with van der Waals surface area (Å²) >= 11 is 1.64. The average Bonchev–Trinajstić information content (AvgIpc) is 2.44. The van der Waals surface area contributed by atoms with Crippen LogP contribution in [-0.2, 0) is 4.79 Å². The summed E-state index contributed by atoms with van der Waals surface area (Å²) in [5, 5.41) is 2.69. The van der Waals surface area contributed by atoms with Crippen molar-refractivity contribution in [3.8, 4) is 0 Å². The minimum absolute atomic E-state index is 0.130. The van der Waals surface area contributed by atoms with E-state index in [2.05, 4.69) is 5.32 Å². The molecule has 0 aromatic heterocycles. The number of rotatable bonds is 5. The molecule has 0 saturated heterocycles. The van der Waals surface area contributed by atoms with Crippen molar-refractivity contribution >= 4 is 29.0 Å². The molecule has 0 unspecified atom stereocenters. The number of aryl methyl sites for hydroxylation is 1. The van der Waals surface area contributed by atoms with Gasteiger partial charge in [0.15, 0.2) is 0 Å². The summed E-state index contributed by atoms with van der Waals surface area (Å²) in [6, 6.07) is 12.0. The van der Waals surface area contributed by atoms with Crippen LogP contribution in [0.5, 0.6) is 0 Å². The number of nitrogens with one attached hydrogen (secondary N) is 1. The Kier molecular flexibility index (Phi) is 5.22. The number of nitrogen functional groups attached to an aromatic ring is 1. The molecule has 0 aliphatic rings. The Morgan fingerprint density at radius 3 is 2.76 bits per heavy atom. The van der Waals surface area contributed by atoms with Crippen molar-refractivity contribution in [3.05, 3.63) is 53.8 Å². The number of carbonyl (C=O) groups excluding carboxylic acids is 1. The fourth-order valence-corrected chi connectivity index (χ4v) is 2.81. The average molecular weight is 304 g/mol. The quantitative estimate of drug-likeness (QED) is 0.652. The van der Waals surface area contributed by atoms with Crippen LogP contribution in [0.1, 0.15) is 12.0 Å². The third-order valence-corrected chi connectivity index (χ3v) is 4.15. The predicted octanol–water partition coefficient (Wildman–Crippen LogP) is 3.84. The molecule has 0 saturated carbocycles. The maximum Gasteiger partial charge on any atom is 0.225 e. The highest BCUT2D eigenvalue weighted by atomic mass is 32.2. The van der Waals surface area contributed by atoms with Crippen LogP contribution in [0.15, 0.2) is 47.4 Å². The Morgan fingerprint density at radius 2 is 2.05 bits per heavy atom. The van der Waals surface area contributed by atoms with Crippen molar-refractivity contribution in [2.45, 2.75) is 18.2 Å². The van der Waals surface area contributed by atoms with Gasteiger partial charge in [-0.05, 0) is 36.8 Å². The number of thioether (sulfide) groups is 1. The lowest BCUT2D eigenvalue weighted by atomic mass is 10.2. The Hall–Kier alpha value is -2.01. The Bertz CT molecular complexity index is 646. The number of hydrogen-bond acceptors (Lipinski definition) is 3. The first-order chi connectivity index (χ1) is 10.1. The number of hydrogen-bond donors (Lipinski definition) is 2. The molecule has 0 aliphatic carbocycles. The summed E-state index contributed by atoms with van der Waals surface area (Å²) < 4.78 is 12.9. The zero-order valence-corrected chi connectivity index (χ0v) is 12.5. The van der Waals surface area contributed by atoms with Gasteiger partial charge in [0.1, 0.15) is 5.82 Å². The van der Waals surface area contributed by atoms with Gasteiger partial charge in [0.2, 0.25) is 5.91 Å². The highest BCUT2D eigenvalue weighted by Crippen LogP contribution is 2.23. The van der Waals surface area contributed by atoms with E-state index in [-0.39, 0.29) is 11.6 Å². The molecular weight excluding hydrogens is 287 g/mol. The largest absolute Gasteiger partial charge is 0.397 e. The smallest absolute Gasteiger partial charge is 0.225 e. The van der Waals surface area contributed by atoms with Crippen LogP contribution >= 0.6 is 11.8 Å². The third-order valence-electron chi connectivity index (χ3n) is 2.97. The monoisotopic (exact) mass is 304 g/mol. The number of halogens is 1. The fourth-order valence-electron chi connectivity index (χ4n) is 1.83. The van der Waals surface area contributed by atoms with Crippen LogP contribution in [0.4, 0.5) is 15.8 Å². The van der Waals surface area contributed by atoms with Crippen molar-refractivity contribution in [1.29, 1.82) is 0 Å². The predicted molar refractivity (Wildman–Crippen MR) is 86.0 cm³/mol. The van der Waals surface area contributed by atoms with E-state index in [4.69, 9.17) is 5.73 Å². The van der Waals surface area contributed by atoms with E-state index in [1.807, 2.05) is 31.2 Å². The first-order valence-electron chi connectivity index (χ1n) is 6.59. The van der Waals surface area contributed by atoms with E-state index in [1.165, 1.54) is 28.7 Å². The fraction of sp³-hybridized carbons (Fsp3) is 0.188. The van der Waals surface area contributed by atoms with Crippen molar-refractivity contribution in [3.63, 3.8) is 0 Å². The Labute approximate surface area is 127 Å². The van der Waals surface area contributed by atoms with Crippen LogP contribution in [0.2, 0.25) is 0 Å². The molecule has 0 aliphatic heterocycles. The minimum Gasteiger partial charge on any atom is -0.397 e. The summed E-state index contributed by atoms with van der Waals surface area (Å²) in [5.74, 6) is 0.132. The molecule has 0 atom stereocenters. The zero-order valence-electron chi connectivity index (χ0n) is 11.7. The molecule has 2 rings (SSSR count). The van der Waals surface area contributed by atoms with Gasteiger partial charge in [-0.1, -0.05) is 18.2 Å². The van der Waals surface area contributed by atoms with E-state index >= 15 is 0 Å². The molecule has 3 nitrogen and oxygen atoms in total. The minimum atomic E-state index is -0.416. The van der Waals surface area contributed by atoms with Crippen molar-refractivity contribution in [2.75, 3.05) is 16.8 Å². The maximum atomic E-state index is 12.9. The molecule has 0 fully saturated rings. The summed E-state index contributed by atoms with van der Waals surface area (Å²) in [4.78, 5) is 13.0. The maximum absolute atomic E-state index is 12.9. The number of anilines is 2. The van der Waals surface area contributed by atoms with E-state index in [0.29, 0.717) is 17.9 Å². The van der Waals surface area contributed by atoms with Gasteiger partial charge >= 0.3 is 0 Å². The highest BCUT2D eigenvalue weighted by Gasteiger charge is 2.07. The van der Waals surface area contributed by atoms with Gasteiger partial charge in [0.05, 0.1) is 11.4 Å². The van der Waals surface area contributed by atoms with E-state index in [9.17, 15) is 9.18 Å². The van der Waals surface area contributed by atoms with Gasteiger partial charge in [-0.2, -0.15) is 0 Å². The molecule has 1 amide bonds. The van der Waals surface area contributed by atoms with E-state index in [0.717, 1.165) is 0 Å². The van der Waals surface area contributed by atoms with Crippen LogP contribution in [0, 0.1) is 12.7 Å². The number of amides is 1. The summed E-state index contributed by atoms with van der Waals surface area (Å²) in [6.45, 7) is 2.04. The van der Waals surface area contributed by atoms with Gasteiger partial charge in [-0.3, -0.25) is 4.79 Å². The second kappa shape index (κ2) is 7.13. The molecule has 0 radical (unpaired) electrons. The lowest BCUT2D eigenvalue weighted by Gasteiger charge is -2.08. The standard InChI is InChI=1S/C16H17FN2OS/c1-11-4-2-3-5-15(11)21-9-8-16(20)19-14-7-6-12(17)10-13(14)18/h2-7,10H,8-9,18H2,1H3,(H,19,20). The van der Waals surface area contributed by atoms with Crippen molar-refractivity contribution in [1.82, 2.24) is 0 Å². The second-order valence-corrected chi connectivity index (χ2v) is 5.78. The van der Waals surface area contributed by atoms with Gasteiger partial charge in [0, 0.05) is 17.1 Å². The lowest BCUT2D eigenvalue weighted by Crippen LogP contribution is -2.13. The van der Waals surface area contributed by atoms with Crippen LogP contribution in [0.3, 0.4) is 0 Å². The first-order valence-corrected chi connectivity index (χ1v) is 7.58. The van der Waals surface area contributed by atoms with Crippen LogP contribution < -0.4 is 11.1 Å². The van der Waals surface area contributed by atoms with Crippen molar-refractivity contribution < 1.29 is 9.18 Å². The second-order valence-electron chi connectivity index (χ2n) is 4.64. The lowest BCUT2D eigenvalue weighted by molar-refractivity contribution is -0.115. The van der Waals surface area contributed by atoms with Gasteiger partial charge in [-0.15, -0.1) is 11.8 Å². The molecule has 0 heterocycles. The number of nitrogens with two attached hydrogens (primary N) is 1. The third kappa shape index (κ3) is 4.49. The molecule has 2 aromatic rings. The van der Waals surface area contributed by atoms with Gasteiger partial charge < -0.3 is 11.1 Å². The SMILES string of the molecule is Cc1ccccc1SCCC(=O)Nc1ccc(F)cc1N. The summed E-state index contributed by atoms with van der Waals surface area (Å²) in [5.41, 5.74) is 7.53. The van der Waals surface area contributed by atoms with E-state index in [1.54, 1.807) is 11.8 Å². The Morgan fingerprint density at radius 1 is 1.29 bits per heavy atom. The van der Waals surface area contributed by atoms with Crippen LogP contribution in [0.25, 0.3) is 0 Å². The molecule has 0 spiro atoms. The highest BCUT2D eigenvalue weighted by molar-refractivity contribution is 7.99. The molecular formula is C16H17FN2OS. The van der Waals surface area contributed by atoms with Gasteiger partial charge in [0.25, 0.3) is 0 Å². The Balaban J connectivity index is 1.84. The van der Waals surface area contributed by atoms with Gasteiger partial charge in [-0.25, -0.2) is 4.39 Å². The summed E-state index contributed by atoms with van der Waals surface area (Å²) in [6.07, 6.45) is 0.371. The van der Waals surface area contributed by atoms with E-state index < -0.39 is 5.82 Å². The normalized spacial score (nSPS) is 10.4. The summed E-state index contributed by atoms with van der Waals surface area (Å²) in [7, 11) is 0. The first kappa shape index (κ1) is 15.4. The van der Waals surface area contributed by atoms with Crippen molar-refractivity contribution in [2.24, 2.45) is 0 Å². The number of carbonyl (C=O) groups is 1.